The zero-order chi connectivity index (χ0) is 12.8. The summed E-state index contributed by atoms with van der Waals surface area (Å²) in [7, 11) is 1.44. The van der Waals surface area contributed by atoms with Crippen LogP contribution in [-0.4, -0.2) is 42.0 Å². The molecule has 1 aromatic rings. The van der Waals surface area contributed by atoms with E-state index in [0.717, 1.165) is 11.0 Å². The van der Waals surface area contributed by atoms with E-state index in [2.05, 4.69) is 4.98 Å². The number of ether oxygens (including phenoxy) is 1. The molecule has 0 aromatic carbocycles. The van der Waals surface area contributed by atoms with Crippen LogP contribution in [0.25, 0.3) is 0 Å². The molecule has 92 valence electrons. The highest BCUT2D eigenvalue weighted by Gasteiger charge is 2.15. The minimum absolute atomic E-state index is 0.143. The molecule has 1 amide bonds. The van der Waals surface area contributed by atoms with Crippen LogP contribution in [0.4, 0.5) is 4.39 Å². The Morgan fingerprint density at radius 1 is 1.53 bits per heavy atom. The van der Waals surface area contributed by atoms with Crippen molar-refractivity contribution in [2.45, 2.75) is 6.92 Å². The van der Waals surface area contributed by atoms with Gasteiger partial charge < -0.3 is 9.64 Å². The largest absolute Gasteiger partial charge is 0.465 e. The summed E-state index contributed by atoms with van der Waals surface area (Å²) < 4.78 is 17.5. The second kappa shape index (κ2) is 5.93. The van der Waals surface area contributed by atoms with Gasteiger partial charge in [0.1, 0.15) is 6.54 Å². The van der Waals surface area contributed by atoms with Crippen LogP contribution in [0.5, 0.6) is 0 Å². The third-order valence-corrected chi connectivity index (χ3v) is 1.99. The predicted molar refractivity (Wildman–Crippen MR) is 57.8 cm³/mol. The van der Waals surface area contributed by atoms with Gasteiger partial charge in [0.05, 0.1) is 6.61 Å². The van der Waals surface area contributed by atoms with Crippen molar-refractivity contribution < 1.29 is 18.7 Å². The molecule has 0 atom stereocenters. The van der Waals surface area contributed by atoms with Gasteiger partial charge in [0.25, 0.3) is 5.91 Å². The van der Waals surface area contributed by atoms with Gasteiger partial charge in [-0.1, -0.05) is 0 Å². The van der Waals surface area contributed by atoms with E-state index < -0.39 is 17.8 Å². The fourth-order valence-electron chi connectivity index (χ4n) is 1.23. The Kier molecular flexibility index (Phi) is 4.56. The third kappa shape index (κ3) is 3.82. The van der Waals surface area contributed by atoms with Gasteiger partial charge in [-0.15, -0.1) is 0 Å². The van der Waals surface area contributed by atoms with E-state index in [1.165, 1.54) is 19.3 Å². The summed E-state index contributed by atoms with van der Waals surface area (Å²) >= 11 is 0. The van der Waals surface area contributed by atoms with Crippen molar-refractivity contribution in [2.75, 3.05) is 20.2 Å². The van der Waals surface area contributed by atoms with E-state index in [1.54, 1.807) is 6.92 Å². The van der Waals surface area contributed by atoms with Gasteiger partial charge in [-0.2, -0.15) is 4.39 Å². The molecule has 6 heteroatoms. The Morgan fingerprint density at radius 2 is 2.24 bits per heavy atom. The quantitative estimate of drug-likeness (QED) is 0.578. The van der Waals surface area contributed by atoms with E-state index in [9.17, 15) is 14.0 Å². The number of hydrogen-bond donors (Lipinski definition) is 0. The number of likely N-dealkylation sites (N-methyl/N-ethyl adjacent to an activating group) is 1. The Balaban J connectivity index is 2.67. The molecular weight excluding hydrogens is 227 g/mol. The lowest BCUT2D eigenvalue weighted by molar-refractivity contribution is -0.143. The molecule has 0 fully saturated rings. The average molecular weight is 240 g/mol. The summed E-state index contributed by atoms with van der Waals surface area (Å²) in [6, 6.07) is 2.40. The SMILES string of the molecule is CCOC(=O)CN(C)C(=O)c1ccnc(F)c1. The van der Waals surface area contributed by atoms with Gasteiger partial charge in [-0.25, -0.2) is 4.98 Å². The van der Waals surface area contributed by atoms with E-state index in [-0.39, 0.29) is 18.7 Å². The molecular formula is C11H13FN2O3. The van der Waals surface area contributed by atoms with Crippen LogP contribution in [0.2, 0.25) is 0 Å². The maximum atomic E-state index is 12.8. The minimum Gasteiger partial charge on any atom is -0.465 e. The fourth-order valence-corrected chi connectivity index (χ4v) is 1.23. The molecule has 1 heterocycles. The average Bonchev–Trinajstić information content (AvgIpc) is 2.28. The number of carbonyl (C=O) groups is 2. The number of pyridine rings is 1. The standard InChI is InChI=1S/C11H13FN2O3/c1-3-17-10(15)7-14(2)11(16)8-4-5-13-9(12)6-8/h4-6H,3,7H2,1-2H3. The summed E-state index contributed by atoms with van der Waals surface area (Å²) in [5.41, 5.74) is 0.143. The lowest BCUT2D eigenvalue weighted by atomic mass is 10.2. The van der Waals surface area contributed by atoms with Gasteiger partial charge in [0.2, 0.25) is 5.95 Å². The van der Waals surface area contributed by atoms with Crippen molar-refractivity contribution in [1.29, 1.82) is 0 Å². The van der Waals surface area contributed by atoms with Crippen LogP contribution in [0, 0.1) is 5.95 Å². The number of rotatable bonds is 4. The third-order valence-electron chi connectivity index (χ3n) is 1.99. The van der Waals surface area contributed by atoms with Crippen LogP contribution in [0.15, 0.2) is 18.3 Å². The number of carbonyl (C=O) groups excluding carboxylic acids is 2. The van der Waals surface area contributed by atoms with Gasteiger partial charge in [-0.05, 0) is 13.0 Å². The van der Waals surface area contributed by atoms with Crippen LogP contribution in [0.1, 0.15) is 17.3 Å². The molecule has 17 heavy (non-hydrogen) atoms. The molecule has 0 saturated heterocycles. The molecule has 0 radical (unpaired) electrons. The van der Waals surface area contributed by atoms with Crippen LogP contribution >= 0.6 is 0 Å². The van der Waals surface area contributed by atoms with Crippen molar-refractivity contribution >= 4 is 11.9 Å². The van der Waals surface area contributed by atoms with E-state index in [1.807, 2.05) is 0 Å². The summed E-state index contributed by atoms with van der Waals surface area (Å²) in [4.78, 5) is 27.4. The highest BCUT2D eigenvalue weighted by molar-refractivity contribution is 5.95. The maximum absolute atomic E-state index is 12.8. The first-order chi connectivity index (χ1) is 8.04. The number of aromatic nitrogens is 1. The molecule has 0 N–H and O–H groups in total. The number of halogens is 1. The summed E-state index contributed by atoms with van der Waals surface area (Å²) in [5, 5.41) is 0. The highest BCUT2D eigenvalue weighted by atomic mass is 19.1. The normalized spacial score (nSPS) is 9.82. The number of amides is 1. The highest BCUT2D eigenvalue weighted by Crippen LogP contribution is 2.04. The van der Waals surface area contributed by atoms with Gasteiger partial charge in [0, 0.05) is 24.9 Å². The Labute approximate surface area is 98.2 Å². The molecule has 0 bridgehead atoms. The van der Waals surface area contributed by atoms with Gasteiger partial charge in [-0.3, -0.25) is 9.59 Å². The zero-order valence-electron chi connectivity index (χ0n) is 9.64. The predicted octanol–water partition coefficient (Wildman–Crippen LogP) is 0.856. The second-order valence-electron chi connectivity index (χ2n) is 3.33. The van der Waals surface area contributed by atoms with E-state index in [4.69, 9.17) is 4.74 Å². The second-order valence-corrected chi connectivity index (χ2v) is 3.33. The number of hydrogen-bond acceptors (Lipinski definition) is 4. The smallest absolute Gasteiger partial charge is 0.325 e. The molecule has 0 unspecified atom stereocenters. The zero-order valence-corrected chi connectivity index (χ0v) is 9.64. The topological polar surface area (TPSA) is 59.5 Å². The van der Waals surface area contributed by atoms with Crippen LogP contribution in [0.3, 0.4) is 0 Å². The molecule has 5 nitrogen and oxygen atoms in total. The van der Waals surface area contributed by atoms with E-state index >= 15 is 0 Å². The Bertz CT molecular complexity index is 423. The Hall–Kier alpha value is -1.98. The van der Waals surface area contributed by atoms with Gasteiger partial charge in [0.15, 0.2) is 0 Å². The molecule has 0 saturated carbocycles. The minimum atomic E-state index is -0.736. The number of esters is 1. The summed E-state index contributed by atoms with van der Waals surface area (Å²) in [6.07, 6.45) is 1.20. The summed E-state index contributed by atoms with van der Waals surface area (Å²) in [5.74, 6) is -1.70. The summed E-state index contributed by atoms with van der Waals surface area (Å²) in [6.45, 7) is 1.76. The lowest BCUT2D eigenvalue weighted by Gasteiger charge is -2.15. The van der Waals surface area contributed by atoms with Crippen molar-refractivity contribution in [2.24, 2.45) is 0 Å². The van der Waals surface area contributed by atoms with Crippen molar-refractivity contribution in [1.82, 2.24) is 9.88 Å². The molecule has 1 rings (SSSR count). The van der Waals surface area contributed by atoms with E-state index in [0.29, 0.717) is 0 Å². The molecule has 0 aliphatic carbocycles. The number of nitrogens with zero attached hydrogens (tertiary/aromatic N) is 2. The van der Waals surface area contributed by atoms with Crippen molar-refractivity contribution in [3.8, 4) is 0 Å². The maximum Gasteiger partial charge on any atom is 0.325 e. The first kappa shape index (κ1) is 13.1. The van der Waals surface area contributed by atoms with Crippen molar-refractivity contribution in [3.05, 3.63) is 29.8 Å². The monoisotopic (exact) mass is 240 g/mol. The van der Waals surface area contributed by atoms with Crippen LogP contribution < -0.4 is 0 Å². The van der Waals surface area contributed by atoms with Crippen LogP contribution in [-0.2, 0) is 9.53 Å². The van der Waals surface area contributed by atoms with Gasteiger partial charge >= 0.3 is 5.97 Å². The molecule has 0 aliphatic rings. The molecule has 0 spiro atoms. The fraction of sp³-hybridized carbons (Fsp3) is 0.364. The first-order valence-electron chi connectivity index (χ1n) is 5.07. The van der Waals surface area contributed by atoms with Crippen molar-refractivity contribution in [3.63, 3.8) is 0 Å². The Morgan fingerprint density at radius 3 is 2.82 bits per heavy atom. The molecule has 1 aromatic heterocycles. The lowest BCUT2D eigenvalue weighted by Crippen LogP contribution is -2.33. The first-order valence-corrected chi connectivity index (χ1v) is 5.07. The molecule has 0 aliphatic heterocycles.